The van der Waals surface area contributed by atoms with E-state index in [4.69, 9.17) is 14.2 Å². The van der Waals surface area contributed by atoms with Crippen LogP contribution in [-0.2, 0) is 14.3 Å². The molecular formula is C24H22N2O6S2. The second-order valence-corrected chi connectivity index (χ2v) is 9.50. The Labute approximate surface area is 203 Å². The summed E-state index contributed by atoms with van der Waals surface area (Å²) in [4.78, 5) is 43.8. The van der Waals surface area contributed by atoms with Gasteiger partial charge in [-0.25, -0.2) is 9.79 Å². The van der Waals surface area contributed by atoms with Gasteiger partial charge in [-0.1, -0.05) is 17.4 Å². The number of rotatable bonds is 5. The monoisotopic (exact) mass is 498 g/mol. The molecule has 2 aromatic heterocycles. The summed E-state index contributed by atoms with van der Waals surface area (Å²) in [5, 5.41) is 1.97. The third-order valence-corrected chi connectivity index (χ3v) is 7.30. The molecule has 176 valence electrons. The predicted octanol–water partition coefficient (Wildman–Crippen LogP) is 2.71. The van der Waals surface area contributed by atoms with Crippen LogP contribution in [0.25, 0.3) is 6.08 Å². The highest BCUT2D eigenvalue weighted by atomic mass is 32.1. The molecular weight excluding hydrogens is 476 g/mol. The molecule has 1 aromatic carbocycles. The van der Waals surface area contributed by atoms with E-state index in [9.17, 15) is 14.4 Å². The number of methoxy groups -OCH3 is 2. The second kappa shape index (κ2) is 9.40. The highest BCUT2D eigenvalue weighted by Gasteiger charge is 2.33. The Morgan fingerprint density at radius 3 is 2.53 bits per heavy atom. The molecule has 0 saturated heterocycles. The van der Waals surface area contributed by atoms with Crippen LogP contribution in [0.5, 0.6) is 11.5 Å². The molecule has 0 bridgehead atoms. The van der Waals surface area contributed by atoms with Crippen LogP contribution < -0.4 is 24.4 Å². The summed E-state index contributed by atoms with van der Waals surface area (Å²) in [5.74, 6) is -0.547. The molecule has 1 unspecified atom stereocenters. The zero-order valence-electron chi connectivity index (χ0n) is 19.2. The molecule has 3 heterocycles. The number of fused-ring (bicyclic) bond motifs is 1. The van der Waals surface area contributed by atoms with Gasteiger partial charge >= 0.3 is 11.9 Å². The van der Waals surface area contributed by atoms with E-state index in [-0.39, 0.29) is 16.9 Å². The molecule has 1 atom stereocenters. The van der Waals surface area contributed by atoms with Crippen LogP contribution in [0.1, 0.15) is 35.9 Å². The van der Waals surface area contributed by atoms with Gasteiger partial charge in [0.1, 0.15) is 0 Å². The fourth-order valence-electron chi connectivity index (χ4n) is 3.75. The van der Waals surface area contributed by atoms with Gasteiger partial charge in [0.25, 0.3) is 5.56 Å². The molecule has 3 aromatic rings. The Morgan fingerprint density at radius 1 is 1.15 bits per heavy atom. The van der Waals surface area contributed by atoms with Gasteiger partial charge in [-0.3, -0.25) is 14.2 Å². The number of esters is 2. The SMILES string of the molecule is COC(=O)C1=C(C)N=c2s/c(=C\c3sccc3C)c(=O)n2C1c1ccc(OC(C)=O)c(OC)c1. The van der Waals surface area contributed by atoms with Gasteiger partial charge in [-0.2, -0.15) is 0 Å². The highest BCUT2D eigenvalue weighted by Crippen LogP contribution is 2.36. The molecule has 10 heteroatoms. The van der Waals surface area contributed by atoms with E-state index in [1.54, 1.807) is 36.5 Å². The lowest BCUT2D eigenvalue weighted by atomic mass is 9.95. The summed E-state index contributed by atoms with van der Waals surface area (Å²) in [7, 11) is 2.73. The molecule has 8 nitrogen and oxygen atoms in total. The summed E-state index contributed by atoms with van der Waals surface area (Å²) in [6.45, 7) is 4.99. The minimum atomic E-state index is -0.796. The van der Waals surface area contributed by atoms with Crippen LogP contribution in [-0.4, -0.2) is 30.7 Å². The first-order valence-electron chi connectivity index (χ1n) is 10.3. The van der Waals surface area contributed by atoms with Crippen molar-refractivity contribution in [2.24, 2.45) is 4.99 Å². The Hall–Kier alpha value is -3.50. The van der Waals surface area contributed by atoms with Crippen molar-refractivity contribution in [1.29, 1.82) is 0 Å². The van der Waals surface area contributed by atoms with Crippen LogP contribution in [0.3, 0.4) is 0 Å². The largest absolute Gasteiger partial charge is 0.493 e. The highest BCUT2D eigenvalue weighted by molar-refractivity contribution is 7.11. The van der Waals surface area contributed by atoms with Crippen molar-refractivity contribution in [3.63, 3.8) is 0 Å². The van der Waals surface area contributed by atoms with Crippen LogP contribution in [0.15, 0.2) is 50.7 Å². The van der Waals surface area contributed by atoms with Gasteiger partial charge in [0.05, 0.1) is 36.1 Å². The van der Waals surface area contributed by atoms with Crippen molar-refractivity contribution in [2.45, 2.75) is 26.8 Å². The Morgan fingerprint density at radius 2 is 1.91 bits per heavy atom. The van der Waals surface area contributed by atoms with Crippen molar-refractivity contribution >= 4 is 40.7 Å². The maximum absolute atomic E-state index is 13.6. The number of thiazole rings is 1. The molecule has 1 aliphatic heterocycles. The van der Waals surface area contributed by atoms with E-state index in [1.807, 2.05) is 24.4 Å². The van der Waals surface area contributed by atoms with Crippen molar-refractivity contribution < 1.29 is 23.8 Å². The molecule has 0 aliphatic carbocycles. The van der Waals surface area contributed by atoms with Gasteiger partial charge in [0.15, 0.2) is 16.3 Å². The van der Waals surface area contributed by atoms with Gasteiger partial charge in [-0.15, -0.1) is 11.3 Å². The summed E-state index contributed by atoms with van der Waals surface area (Å²) in [5.41, 5.74) is 2.10. The summed E-state index contributed by atoms with van der Waals surface area (Å²) in [6.07, 6.45) is 1.85. The average Bonchev–Trinajstić information content (AvgIpc) is 3.34. The van der Waals surface area contributed by atoms with E-state index < -0.39 is 18.0 Å². The minimum absolute atomic E-state index is 0.236. The second-order valence-electron chi connectivity index (χ2n) is 7.55. The fraction of sp³-hybridized carbons (Fsp3) is 0.250. The first-order valence-corrected chi connectivity index (χ1v) is 12.0. The number of hydrogen-bond donors (Lipinski definition) is 0. The van der Waals surface area contributed by atoms with E-state index in [0.29, 0.717) is 26.3 Å². The first-order chi connectivity index (χ1) is 16.2. The van der Waals surface area contributed by atoms with Crippen LogP contribution in [0, 0.1) is 6.92 Å². The number of aryl methyl sites for hydroxylation is 1. The number of hydrogen-bond acceptors (Lipinski definition) is 9. The zero-order valence-corrected chi connectivity index (χ0v) is 20.8. The molecule has 0 amide bonds. The molecule has 0 radical (unpaired) electrons. The summed E-state index contributed by atoms with van der Waals surface area (Å²) in [6, 6.07) is 6.10. The predicted molar refractivity (Wildman–Crippen MR) is 129 cm³/mol. The van der Waals surface area contributed by atoms with Crippen molar-refractivity contribution in [3.05, 3.63) is 76.6 Å². The van der Waals surface area contributed by atoms with Gasteiger partial charge in [0, 0.05) is 11.8 Å². The molecule has 0 spiro atoms. The fourth-order valence-corrected chi connectivity index (χ4v) is 5.71. The number of aromatic nitrogens is 1. The number of nitrogens with zero attached hydrogens (tertiary/aromatic N) is 2. The molecule has 34 heavy (non-hydrogen) atoms. The van der Waals surface area contributed by atoms with Crippen LogP contribution in [0.4, 0.5) is 0 Å². The normalized spacial score (nSPS) is 15.6. The number of thiophene rings is 1. The number of carbonyl (C=O) groups excluding carboxylic acids is 2. The van der Waals surface area contributed by atoms with Crippen molar-refractivity contribution in [2.75, 3.05) is 14.2 Å². The number of benzene rings is 1. The van der Waals surface area contributed by atoms with Gasteiger partial charge < -0.3 is 14.2 Å². The van der Waals surface area contributed by atoms with E-state index >= 15 is 0 Å². The standard InChI is InChI=1S/C24H22N2O6S2/c1-12-8-9-33-18(12)11-19-22(28)26-21(20(23(29)31-5)13(2)25-24(26)34-19)15-6-7-16(32-14(3)27)17(10-15)30-4/h6-11,21H,1-5H3/b19-11-. The Balaban J connectivity index is 1.97. The first kappa shape index (κ1) is 23.7. The smallest absolute Gasteiger partial charge is 0.338 e. The maximum Gasteiger partial charge on any atom is 0.338 e. The average molecular weight is 499 g/mol. The zero-order chi connectivity index (χ0) is 24.6. The lowest BCUT2D eigenvalue weighted by Gasteiger charge is -2.25. The van der Waals surface area contributed by atoms with E-state index in [2.05, 4.69) is 4.99 Å². The Kier molecular flexibility index (Phi) is 6.54. The summed E-state index contributed by atoms with van der Waals surface area (Å²) >= 11 is 2.81. The molecule has 0 saturated carbocycles. The Bertz CT molecular complexity index is 1510. The van der Waals surface area contributed by atoms with Gasteiger partial charge in [-0.05, 0) is 54.6 Å². The molecule has 0 N–H and O–H groups in total. The summed E-state index contributed by atoms with van der Waals surface area (Å²) < 4.78 is 17.7. The third kappa shape index (κ3) is 4.22. The maximum atomic E-state index is 13.6. The van der Waals surface area contributed by atoms with Crippen LogP contribution >= 0.6 is 22.7 Å². The third-order valence-electron chi connectivity index (χ3n) is 5.35. The lowest BCUT2D eigenvalue weighted by molar-refractivity contribution is -0.136. The van der Waals surface area contributed by atoms with Crippen LogP contribution in [0.2, 0.25) is 0 Å². The number of allylic oxidation sites excluding steroid dienone is 1. The van der Waals surface area contributed by atoms with Crippen molar-refractivity contribution in [1.82, 2.24) is 4.57 Å². The van der Waals surface area contributed by atoms with Crippen molar-refractivity contribution in [3.8, 4) is 11.5 Å². The molecule has 1 aliphatic rings. The quantitative estimate of drug-likeness (QED) is 0.397. The van der Waals surface area contributed by atoms with Gasteiger partial charge in [0.2, 0.25) is 0 Å². The van der Waals surface area contributed by atoms with E-state index in [1.165, 1.54) is 37.0 Å². The number of carbonyl (C=O) groups is 2. The molecule has 0 fully saturated rings. The topological polar surface area (TPSA) is 96.2 Å². The minimum Gasteiger partial charge on any atom is -0.493 e. The number of ether oxygens (including phenoxy) is 3. The van der Waals surface area contributed by atoms with E-state index in [0.717, 1.165) is 10.4 Å². The lowest BCUT2D eigenvalue weighted by Crippen LogP contribution is -2.39. The molecule has 4 rings (SSSR count).